The van der Waals surface area contributed by atoms with Crippen LogP contribution in [0.2, 0.25) is 0 Å². The zero-order valence-electron chi connectivity index (χ0n) is 18.6. The molecule has 8 nitrogen and oxygen atoms in total. The minimum Gasteiger partial charge on any atom is -0.481 e. The van der Waals surface area contributed by atoms with E-state index in [1.54, 1.807) is 42.6 Å². The summed E-state index contributed by atoms with van der Waals surface area (Å²) in [7, 11) is -2.27. The number of ether oxygens (including phenoxy) is 1. The van der Waals surface area contributed by atoms with E-state index in [2.05, 4.69) is 10.3 Å². The number of benzene rings is 2. The fourth-order valence-electron chi connectivity index (χ4n) is 3.81. The quantitative estimate of drug-likeness (QED) is 0.555. The van der Waals surface area contributed by atoms with Gasteiger partial charge in [0, 0.05) is 55.7 Å². The first-order chi connectivity index (χ1) is 16.4. The molecule has 3 aromatic rings. The highest BCUT2D eigenvalue weighted by molar-refractivity contribution is 7.89. The average molecular weight is 485 g/mol. The van der Waals surface area contributed by atoms with Crippen molar-refractivity contribution >= 4 is 21.6 Å². The smallest absolute Gasteiger partial charge is 0.251 e. The van der Waals surface area contributed by atoms with Gasteiger partial charge in [0.2, 0.25) is 15.9 Å². The van der Waals surface area contributed by atoms with Crippen molar-refractivity contribution in [2.24, 2.45) is 0 Å². The number of hydrogen-bond acceptors (Lipinski definition) is 6. The van der Waals surface area contributed by atoms with Crippen molar-refractivity contribution in [2.45, 2.75) is 11.4 Å². The number of sulfonamides is 1. The summed E-state index contributed by atoms with van der Waals surface area (Å²) < 4.78 is 46.2. The van der Waals surface area contributed by atoms with Gasteiger partial charge in [-0.25, -0.2) is 17.8 Å². The molecule has 1 N–H and O–H groups in total. The lowest BCUT2D eigenvalue weighted by Crippen LogP contribution is -2.48. The summed E-state index contributed by atoms with van der Waals surface area (Å²) in [6.07, 6.45) is 1.60. The lowest BCUT2D eigenvalue weighted by atomic mass is 10.2. The number of rotatable bonds is 7. The number of pyridine rings is 1. The Hall–Kier alpha value is -3.50. The molecule has 0 aliphatic carbocycles. The van der Waals surface area contributed by atoms with Gasteiger partial charge in [0.1, 0.15) is 5.82 Å². The average Bonchev–Trinajstić information content (AvgIpc) is 2.88. The van der Waals surface area contributed by atoms with E-state index in [4.69, 9.17) is 4.74 Å². The Labute approximate surface area is 198 Å². The Morgan fingerprint density at radius 1 is 1.06 bits per heavy atom. The first-order valence-corrected chi connectivity index (χ1v) is 12.2. The molecule has 1 saturated heterocycles. The molecule has 2 aromatic carbocycles. The van der Waals surface area contributed by atoms with E-state index in [1.807, 2.05) is 4.90 Å². The topological polar surface area (TPSA) is 91.8 Å². The van der Waals surface area contributed by atoms with Gasteiger partial charge in [-0.2, -0.15) is 4.31 Å². The second-order valence-corrected chi connectivity index (χ2v) is 9.69. The van der Waals surface area contributed by atoms with E-state index in [1.165, 1.54) is 35.7 Å². The predicted molar refractivity (Wildman–Crippen MR) is 126 cm³/mol. The number of methoxy groups -OCH3 is 1. The van der Waals surface area contributed by atoms with Crippen molar-refractivity contribution in [3.8, 4) is 5.88 Å². The zero-order chi connectivity index (χ0) is 24.1. The van der Waals surface area contributed by atoms with Gasteiger partial charge in [-0.15, -0.1) is 0 Å². The Bertz CT molecular complexity index is 1260. The molecular weight excluding hydrogens is 459 g/mol. The molecular formula is C24H25FN4O4S. The van der Waals surface area contributed by atoms with Crippen LogP contribution >= 0.6 is 0 Å². The minimum absolute atomic E-state index is 0.0642. The Morgan fingerprint density at radius 2 is 1.79 bits per heavy atom. The molecule has 1 amide bonds. The summed E-state index contributed by atoms with van der Waals surface area (Å²) in [5, 5.41) is 2.78. The summed E-state index contributed by atoms with van der Waals surface area (Å²) in [6, 6.07) is 15.7. The van der Waals surface area contributed by atoms with Crippen LogP contribution in [0.3, 0.4) is 0 Å². The van der Waals surface area contributed by atoms with E-state index >= 15 is 0 Å². The van der Waals surface area contributed by atoms with Gasteiger partial charge in [-0.1, -0.05) is 12.1 Å². The number of halogens is 1. The highest BCUT2D eigenvalue weighted by Gasteiger charge is 2.29. The third-order valence-electron chi connectivity index (χ3n) is 5.65. The van der Waals surface area contributed by atoms with Crippen molar-refractivity contribution in [1.82, 2.24) is 14.6 Å². The van der Waals surface area contributed by atoms with Gasteiger partial charge >= 0.3 is 0 Å². The standard InChI is InChI=1S/C24H25FN4O4S/c1-33-24-19(5-3-11-26-24)17-27-23(30)18-4-2-6-22(16-18)34(31,32)29-14-12-28(13-15-29)21-9-7-20(25)8-10-21/h2-11,16H,12-15,17H2,1H3,(H,27,30). The van der Waals surface area contributed by atoms with Gasteiger partial charge in [0.25, 0.3) is 5.91 Å². The molecule has 0 spiro atoms. The molecule has 1 aliphatic rings. The normalized spacial score (nSPS) is 14.6. The van der Waals surface area contributed by atoms with Gasteiger partial charge in [-0.05, 0) is 48.5 Å². The van der Waals surface area contributed by atoms with Crippen LogP contribution in [0.25, 0.3) is 0 Å². The van der Waals surface area contributed by atoms with Crippen LogP contribution in [0.5, 0.6) is 5.88 Å². The number of carbonyl (C=O) groups is 1. The molecule has 1 aromatic heterocycles. The molecule has 0 unspecified atom stereocenters. The molecule has 1 fully saturated rings. The third-order valence-corrected chi connectivity index (χ3v) is 7.54. The number of aromatic nitrogens is 1. The van der Waals surface area contributed by atoms with Crippen LogP contribution < -0.4 is 15.0 Å². The van der Waals surface area contributed by atoms with Crippen LogP contribution in [0.15, 0.2) is 71.8 Å². The number of piperazine rings is 1. The van der Waals surface area contributed by atoms with Crippen molar-refractivity contribution < 1.29 is 22.3 Å². The maximum absolute atomic E-state index is 13.2. The molecule has 34 heavy (non-hydrogen) atoms. The first kappa shape index (κ1) is 23.7. The lowest BCUT2D eigenvalue weighted by Gasteiger charge is -2.35. The van der Waals surface area contributed by atoms with Gasteiger partial charge in [0.15, 0.2) is 0 Å². The van der Waals surface area contributed by atoms with E-state index in [0.717, 1.165) is 5.69 Å². The van der Waals surface area contributed by atoms with Gasteiger partial charge in [0.05, 0.1) is 12.0 Å². The fourth-order valence-corrected chi connectivity index (χ4v) is 5.27. The number of nitrogens with zero attached hydrogens (tertiary/aromatic N) is 3. The molecule has 178 valence electrons. The molecule has 10 heteroatoms. The van der Waals surface area contributed by atoms with E-state index in [-0.39, 0.29) is 35.9 Å². The fraction of sp³-hybridized carbons (Fsp3) is 0.250. The second-order valence-electron chi connectivity index (χ2n) is 7.75. The van der Waals surface area contributed by atoms with Crippen molar-refractivity contribution in [2.75, 3.05) is 38.2 Å². The Morgan fingerprint density at radius 3 is 2.50 bits per heavy atom. The zero-order valence-corrected chi connectivity index (χ0v) is 19.5. The highest BCUT2D eigenvalue weighted by Crippen LogP contribution is 2.22. The molecule has 0 radical (unpaired) electrons. The summed E-state index contributed by atoms with van der Waals surface area (Å²) in [4.78, 5) is 18.9. The number of amides is 1. The van der Waals surface area contributed by atoms with E-state index in [0.29, 0.717) is 24.5 Å². The van der Waals surface area contributed by atoms with Gasteiger partial charge in [-0.3, -0.25) is 4.79 Å². The second kappa shape index (κ2) is 10.2. The van der Waals surface area contributed by atoms with Crippen LogP contribution in [0.4, 0.5) is 10.1 Å². The predicted octanol–water partition coefficient (Wildman–Crippen LogP) is 2.67. The molecule has 4 rings (SSSR count). The van der Waals surface area contributed by atoms with Crippen LogP contribution in [0.1, 0.15) is 15.9 Å². The first-order valence-electron chi connectivity index (χ1n) is 10.8. The summed E-state index contributed by atoms with van der Waals surface area (Å²) in [5.74, 6) is -0.295. The largest absolute Gasteiger partial charge is 0.481 e. The summed E-state index contributed by atoms with van der Waals surface area (Å²) >= 11 is 0. The number of hydrogen-bond donors (Lipinski definition) is 1. The van der Waals surface area contributed by atoms with Gasteiger partial charge < -0.3 is 15.0 Å². The highest BCUT2D eigenvalue weighted by atomic mass is 32.2. The third kappa shape index (κ3) is 5.18. The monoisotopic (exact) mass is 484 g/mol. The number of anilines is 1. The van der Waals surface area contributed by atoms with Crippen molar-refractivity contribution in [3.05, 3.63) is 83.8 Å². The van der Waals surface area contributed by atoms with Crippen LogP contribution in [0, 0.1) is 5.82 Å². The van der Waals surface area contributed by atoms with E-state index in [9.17, 15) is 17.6 Å². The number of carbonyl (C=O) groups excluding carboxylic acids is 1. The molecule has 0 saturated carbocycles. The molecule has 0 bridgehead atoms. The minimum atomic E-state index is -3.77. The van der Waals surface area contributed by atoms with E-state index < -0.39 is 15.9 Å². The lowest BCUT2D eigenvalue weighted by molar-refractivity contribution is 0.0950. The summed E-state index contributed by atoms with van der Waals surface area (Å²) in [6.45, 7) is 1.74. The van der Waals surface area contributed by atoms with Crippen LogP contribution in [-0.4, -0.2) is 56.9 Å². The molecule has 2 heterocycles. The Kier molecular flexibility index (Phi) is 7.09. The molecule has 0 atom stereocenters. The summed E-state index contributed by atoms with van der Waals surface area (Å²) in [5.41, 5.74) is 1.80. The SMILES string of the molecule is COc1ncccc1CNC(=O)c1cccc(S(=O)(=O)N2CCN(c3ccc(F)cc3)CC2)c1. The molecule has 1 aliphatic heterocycles. The maximum Gasteiger partial charge on any atom is 0.251 e. The van der Waals surface area contributed by atoms with Crippen LogP contribution in [-0.2, 0) is 16.6 Å². The van der Waals surface area contributed by atoms with Crippen molar-refractivity contribution in [3.63, 3.8) is 0 Å². The Balaban J connectivity index is 1.42. The number of nitrogens with one attached hydrogen (secondary N) is 1. The van der Waals surface area contributed by atoms with Crippen molar-refractivity contribution in [1.29, 1.82) is 0 Å². The maximum atomic E-state index is 13.2.